The number of hydrogen-bond acceptors (Lipinski definition) is 8. The summed E-state index contributed by atoms with van der Waals surface area (Å²) in [6.45, 7) is 0. The molecule has 10 nitrogen and oxygen atoms in total. The molecule has 4 aromatic rings. The number of carbonyl (C=O) groups is 3. The molecule has 0 saturated carbocycles. The number of thioether (sulfide) groups is 1. The normalized spacial score (nSPS) is 12.4. The molecule has 1 heterocycles. The zero-order valence-electron chi connectivity index (χ0n) is 23.9. The number of carbonyl (C=O) groups excluding carboxylic acids is 3. The number of thiophene rings is 1. The highest BCUT2D eigenvalue weighted by atomic mass is 32.2. The molecule has 45 heavy (non-hydrogen) atoms. The molecule has 12 heteroatoms. The van der Waals surface area contributed by atoms with Crippen molar-refractivity contribution in [2.45, 2.75) is 30.6 Å². The topological polar surface area (TPSA) is 154 Å². The molecule has 0 bridgehead atoms. The highest BCUT2D eigenvalue weighted by Gasteiger charge is 2.22. The lowest BCUT2D eigenvalue weighted by Crippen LogP contribution is -2.30. The highest BCUT2D eigenvalue weighted by Crippen LogP contribution is 2.37. The number of benzene rings is 3. The van der Waals surface area contributed by atoms with Crippen LogP contribution in [0.1, 0.15) is 44.8 Å². The van der Waals surface area contributed by atoms with Crippen LogP contribution in [0.25, 0.3) is 6.08 Å². The fourth-order valence-corrected chi connectivity index (χ4v) is 6.83. The summed E-state index contributed by atoms with van der Waals surface area (Å²) in [7, 11) is 0. The van der Waals surface area contributed by atoms with E-state index in [1.165, 1.54) is 52.3 Å². The van der Waals surface area contributed by atoms with E-state index in [2.05, 4.69) is 22.0 Å². The molecule has 0 atom stereocenters. The van der Waals surface area contributed by atoms with Crippen molar-refractivity contribution < 1.29 is 19.3 Å². The van der Waals surface area contributed by atoms with Crippen molar-refractivity contribution in [3.05, 3.63) is 122 Å². The molecular formula is C33H27N5O5S2. The monoisotopic (exact) mass is 637 g/mol. The van der Waals surface area contributed by atoms with Gasteiger partial charge in [0.25, 0.3) is 17.5 Å². The smallest absolute Gasteiger partial charge is 0.276 e. The van der Waals surface area contributed by atoms with Crippen LogP contribution in [0.15, 0.2) is 89.5 Å². The highest BCUT2D eigenvalue weighted by molar-refractivity contribution is 8.00. The maximum absolute atomic E-state index is 13.4. The van der Waals surface area contributed by atoms with Crippen molar-refractivity contribution in [2.75, 3.05) is 16.4 Å². The Morgan fingerprint density at radius 3 is 2.51 bits per heavy atom. The quantitative estimate of drug-likeness (QED) is 0.0771. The number of nitro groups is 1. The lowest BCUT2D eigenvalue weighted by Gasteiger charge is -2.12. The third-order valence-corrected chi connectivity index (χ3v) is 9.16. The summed E-state index contributed by atoms with van der Waals surface area (Å²) in [5.74, 6) is -1.41. The fraction of sp³-hybridized carbons (Fsp3) is 0.152. The van der Waals surface area contributed by atoms with Gasteiger partial charge in [0, 0.05) is 27.1 Å². The largest absolute Gasteiger partial charge is 0.321 e. The average Bonchev–Trinajstić information content (AvgIpc) is 3.40. The summed E-state index contributed by atoms with van der Waals surface area (Å²) in [6, 6.07) is 23.3. The number of hydrogen-bond donors (Lipinski definition) is 3. The molecule has 0 fully saturated rings. The number of para-hydroxylation sites is 1. The predicted molar refractivity (Wildman–Crippen MR) is 175 cm³/mol. The predicted octanol–water partition coefficient (Wildman–Crippen LogP) is 6.55. The molecule has 1 aliphatic carbocycles. The molecule has 226 valence electrons. The van der Waals surface area contributed by atoms with E-state index in [9.17, 15) is 29.8 Å². The van der Waals surface area contributed by atoms with Gasteiger partial charge in [-0.3, -0.25) is 24.5 Å². The molecule has 0 aliphatic heterocycles. The molecular weight excluding hydrogens is 611 g/mol. The Labute approximate surface area is 267 Å². The van der Waals surface area contributed by atoms with E-state index in [0.717, 1.165) is 31.2 Å². The van der Waals surface area contributed by atoms with Crippen LogP contribution in [-0.4, -0.2) is 28.4 Å². The standard InChI is InChI=1S/C33H27N5O5S2/c34-19-26-25-14-5-7-16-29(25)45-33(26)37-30(39)20-44-24-13-8-12-23(18-24)35-32(41)27(36-31(40)21-9-2-1-3-10-21)17-22-11-4-6-15-28(22)38(42)43/h1-4,6,8-13,15,17-18H,5,7,14,16,20H2,(H,35,41)(H,36,40)(H,37,39)/b27-17+. The van der Waals surface area contributed by atoms with Gasteiger partial charge >= 0.3 is 0 Å². The SMILES string of the molecule is N#Cc1c(NC(=O)CSc2cccc(NC(=O)/C(=C\c3ccccc3[N+](=O)[O-])NC(=O)c3ccccc3)c2)sc2c1CCCC2. The molecule has 0 radical (unpaired) electrons. The molecule has 5 rings (SSSR count). The summed E-state index contributed by atoms with van der Waals surface area (Å²) >= 11 is 2.73. The van der Waals surface area contributed by atoms with Gasteiger partial charge in [0.05, 0.1) is 21.8 Å². The zero-order valence-corrected chi connectivity index (χ0v) is 25.5. The number of nitrogens with one attached hydrogen (secondary N) is 3. The number of rotatable bonds is 10. The molecule has 3 amide bonds. The van der Waals surface area contributed by atoms with Crippen molar-refractivity contribution in [2.24, 2.45) is 0 Å². The van der Waals surface area contributed by atoms with E-state index in [0.29, 0.717) is 26.7 Å². The first-order chi connectivity index (χ1) is 21.8. The zero-order chi connectivity index (χ0) is 31.8. The number of anilines is 2. The van der Waals surface area contributed by atoms with E-state index >= 15 is 0 Å². The molecule has 1 aliphatic rings. The summed E-state index contributed by atoms with van der Waals surface area (Å²) in [6.07, 6.45) is 5.16. The number of aryl methyl sites for hydroxylation is 1. The Balaban J connectivity index is 1.29. The number of nitro benzene ring substituents is 1. The second-order valence-corrected chi connectivity index (χ2v) is 12.2. The minimum atomic E-state index is -0.692. The van der Waals surface area contributed by atoms with Gasteiger partial charge in [-0.15, -0.1) is 23.1 Å². The van der Waals surface area contributed by atoms with Crippen LogP contribution in [-0.2, 0) is 22.4 Å². The van der Waals surface area contributed by atoms with Crippen LogP contribution < -0.4 is 16.0 Å². The van der Waals surface area contributed by atoms with Gasteiger partial charge in [-0.05, 0) is 73.7 Å². The summed E-state index contributed by atoms with van der Waals surface area (Å²) in [5, 5.41) is 30.0. The fourth-order valence-electron chi connectivity index (χ4n) is 4.82. The van der Waals surface area contributed by atoms with Crippen LogP contribution >= 0.6 is 23.1 Å². The Hall–Kier alpha value is -5.25. The maximum Gasteiger partial charge on any atom is 0.276 e. The van der Waals surface area contributed by atoms with Crippen molar-refractivity contribution in [3.63, 3.8) is 0 Å². The Morgan fingerprint density at radius 1 is 0.978 bits per heavy atom. The molecule has 0 saturated heterocycles. The molecule has 3 aromatic carbocycles. The Bertz CT molecular complexity index is 1850. The lowest BCUT2D eigenvalue weighted by atomic mass is 9.96. The second kappa shape index (κ2) is 14.5. The van der Waals surface area contributed by atoms with E-state index in [1.807, 2.05) is 0 Å². The number of amides is 3. The summed E-state index contributed by atoms with van der Waals surface area (Å²) in [4.78, 5) is 52.0. The van der Waals surface area contributed by atoms with Gasteiger partial charge in [-0.2, -0.15) is 5.26 Å². The van der Waals surface area contributed by atoms with E-state index in [4.69, 9.17) is 0 Å². The Kier molecular flexibility index (Phi) is 10.0. The average molecular weight is 638 g/mol. The van der Waals surface area contributed by atoms with Crippen LogP contribution in [0.2, 0.25) is 0 Å². The summed E-state index contributed by atoms with van der Waals surface area (Å²) in [5.41, 5.74) is 2.03. The molecule has 0 unspecified atom stereocenters. The van der Waals surface area contributed by atoms with Gasteiger partial charge < -0.3 is 16.0 Å². The first-order valence-electron chi connectivity index (χ1n) is 14.0. The number of fused-ring (bicyclic) bond motifs is 1. The van der Waals surface area contributed by atoms with Crippen molar-refractivity contribution >= 4 is 63.3 Å². The van der Waals surface area contributed by atoms with Gasteiger partial charge in [0.15, 0.2) is 0 Å². The maximum atomic E-state index is 13.4. The number of nitrogens with zero attached hydrogens (tertiary/aromatic N) is 2. The second-order valence-electron chi connectivity index (χ2n) is 10.0. The van der Waals surface area contributed by atoms with Gasteiger partial charge in [0.1, 0.15) is 16.8 Å². The van der Waals surface area contributed by atoms with E-state index in [-0.39, 0.29) is 28.6 Å². The van der Waals surface area contributed by atoms with Crippen LogP contribution in [0, 0.1) is 21.4 Å². The third-order valence-electron chi connectivity index (χ3n) is 6.96. The minimum Gasteiger partial charge on any atom is -0.321 e. The number of nitriles is 1. The minimum absolute atomic E-state index is 0.0841. The molecule has 3 N–H and O–H groups in total. The first-order valence-corrected chi connectivity index (χ1v) is 15.8. The molecule has 0 spiro atoms. The van der Waals surface area contributed by atoms with E-state index < -0.39 is 16.7 Å². The van der Waals surface area contributed by atoms with Crippen LogP contribution in [0.3, 0.4) is 0 Å². The molecule has 1 aromatic heterocycles. The van der Waals surface area contributed by atoms with E-state index in [1.54, 1.807) is 60.7 Å². The van der Waals surface area contributed by atoms with Crippen molar-refractivity contribution in [1.82, 2.24) is 5.32 Å². The first kappa shape index (κ1) is 31.2. The van der Waals surface area contributed by atoms with Crippen molar-refractivity contribution in [1.29, 1.82) is 5.26 Å². The lowest BCUT2D eigenvalue weighted by molar-refractivity contribution is -0.385. The van der Waals surface area contributed by atoms with Crippen LogP contribution in [0.4, 0.5) is 16.4 Å². The van der Waals surface area contributed by atoms with Crippen molar-refractivity contribution in [3.8, 4) is 6.07 Å². The summed E-state index contributed by atoms with van der Waals surface area (Å²) < 4.78 is 0. The Morgan fingerprint density at radius 2 is 1.73 bits per heavy atom. The van der Waals surface area contributed by atoms with Gasteiger partial charge in [0.2, 0.25) is 5.91 Å². The van der Waals surface area contributed by atoms with Gasteiger partial charge in [-0.25, -0.2) is 0 Å². The van der Waals surface area contributed by atoms with Crippen LogP contribution in [0.5, 0.6) is 0 Å². The van der Waals surface area contributed by atoms with Gasteiger partial charge in [-0.1, -0.05) is 36.4 Å². The third kappa shape index (κ3) is 7.83.